The van der Waals surface area contributed by atoms with Crippen molar-refractivity contribution in [2.75, 3.05) is 5.33 Å². The first-order valence-electron chi connectivity index (χ1n) is 7.09. The third kappa shape index (κ3) is 2.66. The van der Waals surface area contributed by atoms with Gasteiger partial charge in [-0.3, -0.25) is 4.79 Å². The van der Waals surface area contributed by atoms with Crippen molar-refractivity contribution in [3.05, 3.63) is 40.3 Å². The van der Waals surface area contributed by atoms with Crippen molar-refractivity contribution in [2.24, 2.45) is 5.41 Å². The number of hydrogen-bond acceptors (Lipinski definition) is 2. The van der Waals surface area contributed by atoms with Crippen molar-refractivity contribution in [3.8, 4) is 0 Å². The molecule has 0 aliphatic carbocycles. The van der Waals surface area contributed by atoms with Gasteiger partial charge >= 0.3 is 0 Å². The maximum absolute atomic E-state index is 12.5. The number of fused-ring (bicyclic) bond motifs is 1. The molecule has 0 saturated carbocycles. The van der Waals surface area contributed by atoms with Gasteiger partial charge in [-0.25, -0.2) is 4.98 Å². The summed E-state index contributed by atoms with van der Waals surface area (Å²) in [4.78, 5) is 16.9. The van der Waals surface area contributed by atoms with Crippen LogP contribution in [0.2, 0.25) is 0 Å². The monoisotopic (exact) mass is 336 g/mol. The third-order valence-electron chi connectivity index (χ3n) is 4.29. The van der Waals surface area contributed by atoms with Gasteiger partial charge in [-0.15, -0.1) is 0 Å². The van der Waals surface area contributed by atoms with E-state index in [1.807, 2.05) is 28.8 Å². The molecule has 0 N–H and O–H groups in total. The van der Waals surface area contributed by atoms with Gasteiger partial charge in [0.15, 0.2) is 0 Å². The fourth-order valence-electron chi connectivity index (χ4n) is 2.52. The second-order valence-corrected chi connectivity index (χ2v) is 5.98. The van der Waals surface area contributed by atoms with Gasteiger partial charge in [-0.1, -0.05) is 41.9 Å². The number of nitrogens with zero attached hydrogens (tertiary/aromatic N) is 2. The normalized spacial score (nSPS) is 12.0. The first kappa shape index (κ1) is 15.2. The van der Waals surface area contributed by atoms with E-state index in [2.05, 4.69) is 34.8 Å². The van der Waals surface area contributed by atoms with E-state index in [1.165, 1.54) is 0 Å². The number of halogens is 1. The van der Waals surface area contributed by atoms with Crippen molar-refractivity contribution < 1.29 is 0 Å². The van der Waals surface area contributed by atoms with E-state index >= 15 is 0 Å². The largest absolute Gasteiger partial charge is 0.305 e. The molecule has 20 heavy (non-hydrogen) atoms. The number of alkyl halides is 1. The third-order valence-corrected chi connectivity index (χ3v) is 5.48. The maximum Gasteiger partial charge on any atom is 0.272 e. The molecule has 0 bridgehead atoms. The van der Waals surface area contributed by atoms with Crippen LogP contribution in [0, 0.1) is 12.3 Å². The molecule has 1 heterocycles. The van der Waals surface area contributed by atoms with Crippen molar-refractivity contribution >= 4 is 27.0 Å². The fraction of sp³-hybridized carbons (Fsp3) is 0.500. The van der Waals surface area contributed by atoms with Crippen LogP contribution in [0.4, 0.5) is 0 Å². The Morgan fingerprint density at radius 2 is 1.90 bits per heavy atom. The van der Waals surface area contributed by atoms with Crippen LogP contribution in [0.1, 0.15) is 32.4 Å². The molecule has 0 atom stereocenters. The summed E-state index contributed by atoms with van der Waals surface area (Å²) in [5.41, 5.74) is 2.52. The molecule has 0 amide bonds. The number of hydrogen-bond donors (Lipinski definition) is 0. The van der Waals surface area contributed by atoms with Gasteiger partial charge in [0.1, 0.15) is 5.69 Å². The summed E-state index contributed by atoms with van der Waals surface area (Å²) in [6.07, 6.45) is 2.08. The van der Waals surface area contributed by atoms with E-state index in [-0.39, 0.29) is 11.0 Å². The van der Waals surface area contributed by atoms with Crippen LogP contribution < -0.4 is 5.56 Å². The molecule has 0 unspecified atom stereocenters. The van der Waals surface area contributed by atoms with Gasteiger partial charge < -0.3 is 4.57 Å². The average Bonchev–Trinajstić information content (AvgIpc) is 2.49. The van der Waals surface area contributed by atoms with Gasteiger partial charge in [0.2, 0.25) is 0 Å². The number of aryl methyl sites for hydroxylation is 1. The van der Waals surface area contributed by atoms with E-state index in [0.29, 0.717) is 5.69 Å². The van der Waals surface area contributed by atoms with E-state index in [4.69, 9.17) is 0 Å². The number of benzene rings is 1. The molecular weight excluding hydrogens is 316 g/mol. The number of para-hydroxylation sites is 2. The lowest BCUT2D eigenvalue weighted by Crippen LogP contribution is -2.34. The molecule has 0 spiro atoms. The van der Waals surface area contributed by atoms with Gasteiger partial charge in [-0.05, 0) is 37.3 Å². The predicted octanol–water partition coefficient (Wildman–Crippen LogP) is 3.91. The van der Waals surface area contributed by atoms with Gasteiger partial charge in [0, 0.05) is 11.9 Å². The minimum atomic E-state index is 0.0240. The minimum absolute atomic E-state index is 0.0240. The molecule has 0 saturated heterocycles. The van der Waals surface area contributed by atoms with Crippen LogP contribution in [-0.2, 0) is 6.54 Å². The SMILES string of the molecule is CCC(CC)(CBr)Cn1c(=O)c(C)nc2ccccc21. The van der Waals surface area contributed by atoms with Crippen LogP contribution in [-0.4, -0.2) is 14.9 Å². The molecule has 4 heteroatoms. The lowest BCUT2D eigenvalue weighted by atomic mass is 9.84. The number of rotatable bonds is 5. The second kappa shape index (κ2) is 6.08. The Hall–Kier alpha value is -1.16. The zero-order valence-corrected chi connectivity index (χ0v) is 13.9. The number of aromatic nitrogens is 2. The van der Waals surface area contributed by atoms with Gasteiger partial charge in [0.25, 0.3) is 5.56 Å². The van der Waals surface area contributed by atoms with Crippen molar-refractivity contribution in [1.82, 2.24) is 9.55 Å². The Labute approximate surface area is 128 Å². The summed E-state index contributed by atoms with van der Waals surface area (Å²) in [6, 6.07) is 7.86. The van der Waals surface area contributed by atoms with Crippen LogP contribution in [0.5, 0.6) is 0 Å². The standard InChI is InChI=1S/C16H21BrN2O/c1-4-16(5-2,10-17)11-19-14-9-7-6-8-13(14)18-12(3)15(19)20/h6-9H,4-5,10-11H2,1-3H3. The summed E-state index contributed by atoms with van der Waals surface area (Å²) >= 11 is 3.63. The van der Waals surface area contributed by atoms with E-state index in [1.54, 1.807) is 6.92 Å². The lowest BCUT2D eigenvalue weighted by Gasteiger charge is -2.30. The smallest absolute Gasteiger partial charge is 0.272 e. The predicted molar refractivity (Wildman–Crippen MR) is 87.5 cm³/mol. The van der Waals surface area contributed by atoms with E-state index < -0.39 is 0 Å². The quantitative estimate of drug-likeness (QED) is 0.776. The molecule has 0 aliphatic rings. The molecular formula is C16H21BrN2O. The highest BCUT2D eigenvalue weighted by molar-refractivity contribution is 9.09. The first-order valence-corrected chi connectivity index (χ1v) is 8.21. The van der Waals surface area contributed by atoms with Crippen LogP contribution in [0.3, 0.4) is 0 Å². The Bertz CT molecular complexity index is 651. The summed E-state index contributed by atoms with van der Waals surface area (Å²) in [7, 11) is 0. The highest BCUT2D eigenvalue weighted by Crippen LogP contribution is 2.31. The molecule has 2 aromatic rings. The topological polar surface area (TPSA) is 34.9 Å². The Balaban J connectivity index is 2.64. The maximum atomic E-state index is 12.5. The van der Waals surface area contributed by atoms with Crippen molar-refractivity contribution in [1.29, 1.82) is 0 Å². The van der Waals surface area contributed by atoms with E-state index in [0.717, 1.165) is 35.7 Å². The first-order chi connectivity index (χ1) is 9.56. The average molecular weight is 337 g/mol. The molecule has 0 radical (unpaired) electrons. The van der Waals surface area contributed by atoms with Crippen LogP contribution in [0.15, 0.2) is 29.1 Å². The van der Waals surface area contributed by atoms with Crippen molar-refractivity contribution in [3.63, 3.8) is 0 Å². The summed E-state index contributed by atoms with van der Waals surface area (Å²) in [5.74, 6) is 0. The highest BCUT2D eigenvalue weighted by atomic mass is 79.9. The lowest BCUT2D eigenvalue weighted by molar-refractivity contribution is 0.260. The second-order valence-electron chi connectivity index (χ2n) is 5.42. The van der Waals surface area contributed by atoms with Crippen molar-refractivity contribution in [2.45, 2.75) is 40.2 Å². The summed E-state index contributed by atoms with van der Waals surface area (Å²) < 4.78 is 1.89. The molecule has 1 aromatic heterocycles. The zero-order chi connectivity index (χ0) is 14.8. The summed E-state index contributed by atoms with van der Waals surface area (Å²) in [5, 5.41) is 0.898. The zero-order valence-electron chi connectivity index (χ0n) is 12.3. The molecule has 0 aliphatic heterocycles. The molecule has 108 valence electrons. The fourth-order valence-corrected chi connectivity index (χ4v) is 3.49. The molecule has 0 fully saturated rings. The van der Waals surface area contributed by atoms with Crippen LogP contribution >= 0.6 is 15.9 Å². The Morgan fingerprint density at radius 1 is 1.25 bits per heavy atom. The van der Waals surface area contributed by atoms with Crippen LogP contribution in [0.25, 0.3) is 11.0 Å². The van der Waals surface area contributed by atoms with Gasteiger partial charge in [-0.2, -0.15) is 0 Å². The van der Waals surface area contributed by atoms with E-state index in [9.17, 15) is 4.79 Å². The van der Waals surface area contributed by atoms with Gasteiger partial charge in [0.05, 0.1) is 11.0 Å². The Kier molecular flexibility index (Phi) is 4.63. The molecule has 1 aromatic carbocycles. The Morgan fingerprint density at radius 3 is 2.50 bits per heavy atom. The molecule has 3 nitrogen and oxygen atoms in total. The molecule has 2 rings (SSSR count). The highest BCUT2D eigenvalue weighted by Gasteiger charge is 2.26. The minimum Gasteiger partial charge on any atom is -0.305 e. The summed E-state index contributed by atoms with van der Waals surface area (Å²) in [6.45, 7) is 6.89.